The van der Waals surface area contributed by atoms with Gasteiger partial charge in [-0.3, -0.25) is 9.48 Å². The Morgan fingerprint density at radius 2 is 1.97 bits per heavy atom. The molecule has 2 aromatic heterocycles. The molecule has 196 valence electrons. The maximum atomic E-state index is 12.4. The van der Waals surface area contributed by atoms with Crippen LogP contribution in [0.15, 0.2) is 30.6 Å². The van der Waals surface area contributed by atoms with Gasteiger partial charge >= 0.3 is 6.18 Å². The number of aryl methyl sites for hydroxylation is 1. The number of carbonyl (C=O) groups is 1. The number of hydrogen-bond acceptors (Lipinski definition) is 5. The molecule has 1 aliphatic heterocycles. The zero-order chi connectivity index (χ0) is 25.5. The van der Waals surface area contributed by atoms with E-state index in [-0.39, 0.29) is 17.8 Å². The molecule has 0 radical (unpaired) electrons. The molecule has 0 aromatic carbocycles. The minimum Gasteiger partial charge on any atom is -0.468 e. The molecule has 2 aliphatic rings. The number of ether oxygens (including phenoxy) is 1. The molecule has 0 atom stereocenters. The maximum Gasteiger partial charge on any atom is 0.422 e. The van der Waals surface area contributed by atoms with Crippen LogP contribution in [0.5, 0.6) is 5.88 Å². The number of halogens is 3. The molecule has 1 N–H and O–H groups in total. The number of hydrogen-bond donors (Lipinski definition) is 1. The Morgan fingerprint density at radius 1 is 1.19 bits per heavy atom. The Kier molecular flexibility index (Phi) is 8.66. The average molecular weight is 506 g/mol. The molecule has 1 fully saturated rings. The van der Waals surface area contributed by atoms with Gasteiger partial charge in [0.05, 0.1) is 6.20 Å². The first-order chi connectivity index (χ1) is 17.2. The molecule has 3 heterocycles. The lowest BCUT2D eigenvalue weighted by molar-refractivity contribution is -0.154. The summed E-state index contributed by atoms with van der Waals surface area (Å²) in [5, 5.41) is 7.21. The van der Waals surface area contributed by atoms with E-state index < -0.39 is 12.8 Å². The van der Waals surface area contributed by atoms with Crippen molar-refractivity contribution in [3.05, 3.63) is 47.4 Å². The van der Waals surface area contributed by atoms with Crippen LogP contribution in [0.3, 0.4) is 0 Å². The fourth-order valence-electron chi connectivity index (χ4n) is 4.98. The number of amides is 1. The van der Waals surface area contributed by atoms with Crippen LogP contribution in [-0.4, -0.2) is 64.0 Å². The second-order valence-corrected chi connectivity index (χ2v) is 9.80. The molecule has 2 aromatic rings. The van der Waals surface area contributed by atoms with Gasteiger partial charge in [0.15, 0.2) is 6.61 Å². The van der Waals surface area contributed by atoms with Crippen molar-refractivity contribution in [2.75, 3.05) is 26.2 Å². The van der Waals surface area contributed by atoms with Crippen molar-refractivity contribution in [2.24, 2.45) is 13.0 Å². The normalized spacial score (nSPS) is 21.2. The van der Waals surface area contributed by atoms with E-state index in [1.54, 1.807) is 23.0 Å². The predicted molar refractivity (Wildman–Crippen MR) is 130 cm³/mol. The molecule has 1 amide bonds. The summed E-state index contributed by atoms with van der Waals surface area (Å²) >= 11 is 0. The Labute approximate surface area is 209 Å². The summed E-state index contributed by atoms with van der Waals surface area (Å²) in [5.41, 5.74) is 2.83. The van der Waals surface area contributed by atoms with E-state index in [0.717, 1.165) is 75.0 Å². The third kappa shape index (κ3) is 8.08. The van der Waals surface area contributed by atoms with Crippen LogP contribution in [-0.2, 0) is 24.7 Å². The number of fused-ring (bicyclic) bond motifs is 1. The van der Waals surface area contributed by atoms with Gasteiger partial charge in [-0.2, -0.15) is 18.3 Å². The van der Waals surface area contributed by atoms with Gasteiger partial charge in [0.25, 0.3) is 0 Å². The summed E-state index contributed by atoms with van der Waals surface area (Å²) in [4.78, 5) is 19.0. The van der Waals surface area contributed by atoms with E-state index >= 15 is 0 Å². The van der Waals surface area contributed by atoms with Crippen LogP contribution < -0.4 is 10.1 Å². The van der Waals surface area contributed by atoms with Crippen LogP contribution in [0.2, 0.25) is 0 Å². The molecular weight excluding hydrogens is 471 g/mol. The average Bonchev–Trinajstić information content (AvgIpc) is 3.15. The quantitative estimate of drug-likeness (QED) is 0.551. The standard InChI is InChI=1S/C26H34F3N5O2/c1-33-17-20(16-30-33)4-8-24(35)31-22-6-2-19(3-7-22)10-13-34-14-11-21-5-9-25(32-23(21)12-15-34)36-18-26(27,28)29/h4-5,8-9,16-17,19,22H,2-3,6-7,10-15,18H2,1H3,(H,31,35)/b8-4+. The van der Waals surface area contributed by atoms with Crippen molar-refractivity contribution in [2.45, 2.75) is 57.2 Å². The lowest BCUT2D eigenvalue weighted by atomic mass is 9.84. The van der Waals surface area contributed by atoms with Crippen molar-refractivity contribution in [1.82, 2.24) is 25.0 Å². The topological polar surface area (TPSA) is 72.3 Å². The van der Waals surface area contributed by atoms with Gasteiger partial charge in [0.2, 0.25) is 11.8 Å². The lowest BCUT2D eigenvalue weighted by Gasteiger charge is -2.30. The maximum absolute atomic E-state index is 12.4. The van der Waals surface area contributed by atoms with Crippen LogP contribution in [0.25, 0.3) is 6.08 Å². The zero-order valence-corrected chi connectivity index (χ0v) is 20.6. The summed E-state index contributed by atoms with van der Waals surface area (Å²) in [6.07, 6.45) is 9.42. The highest BCUT2D eigenvalue weighted by Gasteiger charge is 2.29. The largest absolute Gasteiger partial charge is 0.468 e. The van der Waals surface area contributed by atoms with Crippen molar-refractivity contribution in [3.63, 3.8) is 0 Å². The van der Waals surface area contributed by atoms with E-state index in [1.165, 1.54) is 6.07 Å². The smallest absolute Gasteiger partial charge is 0.422 e. The van der Waals surface area contributed by atoms with Crippen molar-refractivity contribution in [3.8, 4) is 5.88 Å². The van der Waals surface area contributed by atoms with Crippen molar-refractivity contribution in [1.29, 1.82) is 0 Å². The monoisotopic (exact) mass is 505 g/mol. The summed E-state index contributed by atoms with van der Waals surface area (Å²) < 4.78 is 43.8. The number of aromatic nitrogens is 3. The van der Waals surface area contributed by atoms with Crippen LogP contribution in [0, 0.1) is 5.92 Å². The molecule has 0 spiro atoms. The van der Waals surface area contributed by atoms with Crippen molar-refractivity contribution >= 4 is 12.0 Å². The summed E-state index contributed by atoms with van der Waals surface area (Å²) in [6.45, 7) is 1.45. The Balaban J connectivity index is 1.15. The van der Waals surface area contributed by atoms with Gasteiger partial charge in [-0.05, 0) is 62.6 Å². The molecule has 1 saturated carbocycles. The van der Waals surface area contributed by atoms with Gasteiger partial charge in [-0.25, -0.2) is 4.98 Å². The van der Waals surface area contributed by atoms with E-state index in [0.29, 0.717) is 12.3 Å². The van der Waals surface area contributed by atoms with Gasteiger partial charge < -0.3 is 15.0 Å². The number of rotatable bonds is 8. The Morgan fingerprint density at radius 3 is 2.69 bits per heavy atom. The SMILES string of the molecule is Cn1cc(/C=C/C(=O)NC2CCC(CCN3CCc4ccc(OCC(F)(F)F)nc4CC3)CC2)cn1. The van der Waals surface area contributed by atoms with Gasteiger partial charge in [0, 0.05) is 62.2 Å². The molecule has 7 nitrogen and oxygen atoms in total. The van der Waals surface area contributed by atoms with Gasteiger partial charge in [-0.15, -0.1) is 0 Å². The summed E-state index contributed by atoms with van der Waals surface area (Å²) in [5.74, 6) is 0.623. The molecule has 1 aliphatic carbocycles. The van der Waals surface area contributed by atoms with Crippen LogP contribution in [0.1, 0.15) is 48.9 Å². The molecule has 0 saturated heterocycles. The van der Waals surface area contributed by atoms with E-state index in [1.807, 2.05) is 19.3 Å². The highest BCUT2D eigenvalue weighted by molar-refractivity contribution is 5.91. The first-order valence-electron chi connectivity index (χ1n) is 12.6. The van der Waals surface area contributed by atoms with Crippen LogP contribution >= 0.6 is 0 Å². The fraction of sp³-hybridized carbons (Fsp3) is 0.577. The molecule has 36 heavy (non-hydrogen) atoms. The zero-order valence-electron chi connectivity index (χ0n) is 20.6. The van der Waals surface area contributed by atoms with Gasteiger partial charge in [-0.1, -0.05) is 6.07 Å². The first-order valence-corrected chi connectivity index (χ1v) is 12.6. The highest BCUT2D eigenvalue weighted by atomic mass is 19.4. The van der Waals surface area contributed by atoms with E-state index in [9.17, 15) is 18.0 Å². The second kappa shape index (κ2) is 11.9. The number of alkyl halides is 3. The third-order valence-corrected chi connectivity index (χ3v) is 6.99. The first kappa shape index (κ1) is 26.2. The van der Waals surface area contributed by atoms with Crippen LogP contribution in [0.4, 0.5) is 13.2 Å². The lowest BCUT2D eigenvalue weighted by Crippen LogP contribution is -2.37. The fourth-order valence-corrected chi connectivity index (χ4v) is 4.98. The minimum absolute atomic E-state index is 0.0379. The van der Waals surface area contributed by atoms with E-state index in [2.05, 4.69) is 20.3 Å². The Bertz CT molecular complexity index is 1040. The molecule has 4 rings (SSSR count). The molecule has 0 bridgehead atoms. The molecular formula is C26H34F3N5O2. The number of nitrogens with zero attached hydrogens (tertiary/aromatic N) is 4. The summed E-state index contributed by atoms with van der Waals surface area (Å²) in [7, 11) is 1.84. The number of carbonyl (C=O) groups excluding carboxylic acids is 1. The third-order valence-electron chi connectivity index (χ3n) is 6.99. The van der Waals surface area contributed by atoms with Crippen molar-refractivity contribution < 1.29 is 22.7 Å². The van der Waals surface area contributed by atoms with Gasteiger partial charge in [0.1, 0.15) is 0 Å². The predicted octanol–water partition coefficient (Wildman–Crippen LogP) is 3.94. The minimum atomic E-state index is -4.37. The second-order valence-electron chi connectivity index (χ2n) is 9.80. The molecule has 0 unspecified atom stereocenters. The number of nitrogens with one attached hydrogen (secondary N) is 1. The Hall–Kier alpha value is -2.88. The highest BCUT2D eigenvalue weighted by Crippen LogP contribution is 2.28. The summed E-state index contributed by atoms with van der Waals surface area (Å²) in [6, 6.07) is 3.60. The van der Waals surface area contributed by atoms with E-state index in [4.69, 9.17) is 4.74 Å². The molecule has 10 heteroatoms. The number of pyridine rings is 1.